The molecule has 0 aliphatic rings. The van der Waals surface area contributed by atoms with Gasteiger partial charge in [-0.15, -0.1) is 11.3 Å². The van der Waals surface area contributed by atoms with E-state index in [1.54, 1.807) is 0 Å². The van der Waals surface area contributed by atoms with Gasteiger partial charge in [-0.2, -0.15) is 4.39 Å². The van der Waals surface area contributed by atoms with Crippen LogP contribution in [0.2, 0.25) is 0 Å². The van der Waals surface area contributed by atoms with Crippen molar-refractivity contribution < 1.29 is 9.18 Å². The number of rotatable bonds is 1. The Morgan fingerprint density at radius 1 is 1.67 bits per heavy atom. The van der Waals surface area contributed by atoms with Crippen LogP contribution in [0.5, 0.6) is 0 Å². The average molecular weight is 165 g/mol. The standard InChI is InChI=1S/C5H2ClFOS/c6-5(8)3-1-2-4(7)9-3/h1-2H. The molecule has 1 aromatic rings. The topological polar surface area (TPSA) is 17.1 Å². The van der Waals surface area contributed by atoms with Gasteiger partial charge in [-0.1, -0.05) is 0 Å². The summed E-state index contributed by atoms with van der Waals surface area (Å²) in [4.78, 5) is 10.5. The summed E-state index contributed by atoms with van der Waals surface area (Å²) >= 11 is 5.77. The van der Waals surface area contributed by atoms with Crippen LogP contribution in [0.15, 0.2) is 12.1 Å². The van der Waals surface area contributed by atoms with Gasteiger partial charge in [0.25, 0.3) is 5.24 Å². The van der Waals surface area contributed by atoms with E-state index < -0.39 is 5.24 Å². The van der Waals surface area contributed by atoms with E-state index >= 15 is 0 Å². The summed E-state index contributed by atoms with van der Waals surface area (Å²) in [6, 6.07) is 2.57. The molecule has 0 N–H and O–H groups in total. The fourth-order valence-electron chi connectivity index (χ4n) is 0.420. The summed E-state index contributed by atoms with van der Waals surface area (Å²) in [6.45, 7) is 0. The van der Waals surface area contributed by atoms with Gasteiger partial charge in [0.1, 0.15) is 0 Å². The van der Waals surface area contributed by atoms with Crippen molar-refractivity contribution in [3.8, 4) is 0 Å². The Hall–Kier alpha value is -0.410. The molecule has 0 fully saturated rings. The monoisotopic (exact) mass is 164 g/mol. The molecule has 0 aliphatic carbocycles. The Morgan fingerprint density at radius 2 is 2.33 bits per heavy atom. The highest BCUT2D eigenvalue weighted by Gasteiger charge is 2.03. The lowest BCUT2D eigenvalue weighted by Gasteiger charge is -1.77. The Kier molecular flexibility index (Phi) is 1.83. The maximum Gasteiger partial charge on any atom is 0.262 e. The number of hydrogen-bond donors (Lipinski definition) is 0. The second-order valence-corrected chi connectivity index (χ2v) is 2.75. The maximum atomic E-state index is 12.1. The van der Waals surface area contributed by atoms with Crippen molar-refractivity contribution >= 4 is 28.2 Å². The zero-order valence-corrected chi connectivity index (χ0v) is 5.80. The molecule has 1 heterocycles. The molecule has 0 unspecified atom stereocenters. The molecule has 1 rings (SSSR count). The van der Waals surface area contributed by atoms with Crippen molar-refractivity contribution in [3.05, 3.63) is 22.1 Å². The summed E-state index contributed by atoms with van der Waals surface area (Å²) in [6.07, 6.45) is 0. The van der Waals surface area contributed by atoms with Gasteiger partial charge in [0.2, 0.25) is 0 Å². The quantitative estimate of drug-likeness (QED) is 0.582. The Labute approximate surface area is 60.1 Å². The van der Waals surface area contributed by atoms with Crippen LogP contribution in [-0.4, -0.2) is 5.24 Å². The molecule has 0 saturated heterocycles. The molecule has 9 heavy (non-hydrogen) atoms. The summed E-state index contributed by atoms with van der Waals surface area (Å²) in [5.41, 5.74) is 0. The lowest BCUT2D eigenvalue weighted by molar-refractivity contribution is 0.108. The first-order valence-electron chi connectivity index (χ1n) is 2.15. The molecule has 0 aromatic carbocycles. The van der Waals surface area contributed by atoms with Gasteiger partial charge in [-0.25, -0.2) is 0 Å². The third kappa shape index (κ3) is 1.50. The largest absolute Gasteiger partial charge is 0.275 e. The molecular weight excluding hydrogens is 163 g/mol. The minimum Gasteiger partial charge on any atom is -0.275 e. The molecule has 48 valence electrons. The minimum atomic E-state index is -0.607. The molecule has 1 nitrogen and oxygen atoms in total. The van der Waals surface area contributed by atoms with Gasteiger partial charge in [0.05, 0.1) is 4.88 Å². The lowest BCUT2D eigenvalue weighted by atomic mass is 10.5. The fraction of sp³-hybridized carbons (Fsp3) is 0. The summed E-state index contributed by atoms with van der Waals surface area (Å²) in [5, 5.41) is -0.997. The van der Waals surface area contributed by atoms with Gasteiger partial charge in [-0.3, -0.25) is 4.79 Å². The molecule has 0 bridgehead atoms. The van der Waals surface area contributed by atoms with Crippen LogP contribution < -0.4 is 0 Å². The molecule has 4 heteroatoms. The Bertz CT molecular complexity index is 233. The van der Waals surface area contributed by atoms with Crippen LogP contribution >= 0.6 is 22.9 Å². The van der Waals surface area contributed by atoms with E-state index in [-0.39, 0.29) is 10.0 Å². The molecule has 0 amide bonds. The smallest absolute Gasteiger partial charge is 0.262 e. The fourth-order valence-corrected chi connectivity index (χ4v) is 1.16. The van der Waals surface area contributed by atoms with Gasteiger partial charge < -0.3 is 0 Å². The van der Waals surface area contributed by atoms with Crippen LogP contribution in [-0.2, 0) is 0 Å². The Morgan fingerprint density at radius 3 is 2.56 bits per heavy atom. The number of hydrogen-bond acceptors (Lipinski definition) is 2. The van der Waals surface area contributed by atoms with E-state index in [1.165, 1.54) is 12.1 Å². The van der Waals surface area contributed by atoms with Crippen molar-refractivity contribution in [2.45, 2.75) is 0 Å². The summed E-state index contributed by atoms with van der Waals surface area (Å²) in [7, 11) is 0. The maximum absolute atomic E-state index is 12.1. The van der Waals surface area contributed by atoms with Crippen LogP contribution in [0.1, 0.15) is 9.67 Å². The first-order chi connectivity index (χ1) is 4.20. The number of carbonyl (C=O) groups is 1. The predicted molar refractivity (Wildman–Crippen MR) is 34.5 cm³/mol. The third-order valence-corrected chi connectivity index (χ3v) is 1.96. The number of halogens is 2. The van der Waals surface area contributed by atoms with Crippen LogP contribution in [0, 0.1) is 5.13 Å². The van der Waals surface area contributed by atoms with Gasteiger partial charge in [-0.05, 0) is 23.7 Å². The number of thiophene rings is 1. The van der Waals surface area contributed by atoms with Crippen molar-refractivity contribution in [3.63, 3.8) is 0 Å². The third-order valence-electron chi connectivity index (χ3n) is 0.767. The van der Waals surface area contributed by atoms with E-state index in [4.69, 9.17) is 11.6 Å². The van der Waals surface area contributed by atoms with Crippen molar-refractivity contribution in [1.82, 2.24) is 0 Å². The zero-order chi connectivity index (χ0) is 6.85. The zero-order valence-electron chi connectivity index (χ0n) is 4.23. The van der Waals surface area contributed by atoms with Crippen molar-refractivity contribution in [2.24, 2.45) is 0 Å². The summed E-state index contributed by atoms with van der Waals surface area (Å²) in [5.74, 6) is 0. The molecule has 0 atom stereocenters. The van der Waals surface area contributed by atoms with E-state index in [0.717, 1.165) is 11.3 Å². The van der Waals surface area contributed by atoms with E-state index in [1.807, 2.05) is 0 Å². The van der Waals surface area contributed by atoms with Gasteiger partial charge >= 0.3 is 0 Å². The van der Waals surface area contributed by atoms with Crippen LogP contribution in [0.3, 0.4) is 0 Å². The lowest BCUT2D eigenvalue weighted by Crippen LogP contribution is -1.78. The highest BCUT2D eigenvalue weighted by molar-refractivity contribution is 7.14. The van der Waals surface area contributed by atoms with Crippen molar-refractivity contribution in [1.29, 1.82) is 0 Å². The highest BCUT2D eigenvalue weighted by atomic mass is 35.5. The van der Waals surface area contributed by atoms with Crippen LogP contribution in [0.4, 0.5) is 4.39 Å². The molecule has 0 saturated carbocycles. The second kappa shape index (κ2) is 2.45. The van der Waals surface area contributed by atoms with E-state index in [0.29, 0.717) is 0 Å². The molecule has 1 aromatic heterocycles. The Balaban J connectivity index is 2.98. The predicted octanol–water partition coefficient (Wildman–Crippen LogP) is 2.27. The highest BCUT2D eigenvalue weighted by Crippen LogP contribution is 2.15. The first kappa shape index (κ1) is 6.71. The molecular formula is C5H2ClFOS. The molecule has 0 radical (unpaired) electrons. The van der Waals surface area contributed by atoms with Gasteiger partial charge in [0.15, 0.2) is 5.13 Å². The van der Waals surface area contributed by atoms with Crippen molar-refractivity contribution in [2.75, 3.05) is 0 Å². The molecule has 0 spiro atoms. The van der Waals surface area contributed by atoms with E-state index in [9.17, 15) is 9.18 Å². The SMILES string of the molecule is O=C(Cl)c1ccc(F)s1. The normalized spacial score (nSPS) is 9.56. The average Bonchev–Trinajstić information content (AvgIpc) is 2.14. The number of carbonyl (C=O) groups excluding carboxylic acids is 1. The summed E-state index contributed by atoms with van der Waals surface area (Å²) < 4.78 is 12.1. The van der Waals surface area contributed by atoms with Gasteiger partial charge in [0, 0.05) is 0 Å². The minimum absolute atomic E-state index is 0.245. The second-order valence-electron chi connectivity index (χ2n) is 1.38. The first-order valence-corrected chi connectivity index (χ1v) is 3.35. The van der Waals surface area contributed by atoms with Crippen LogP contribution in [0.25, 0.3) is 0 Å². The van der Waals surface area contributed by atoms with E-state index in [2.05, 4.69) is 0 Å². The molecule has 0 aliphatic heterocycles.